The lowest BCUT2D eigenvalue weighted by molar-refractivity contribution is -0.137. The summed E-state index contributed by atoms with van der Waals surface area (Å²) < 4.78 is 36.7. The van der Waals surface area contributed by atoms with Gasteiger partial charge in [-0.1, -0.05) is 11.8 Å². The minimum absolute atomic E-state index is 0.0459. The van der Waals surface area contributed by atoms with E-state index in [1.54, 1.807) is 0 Å². The molecule has 0 aromatic carbocycles. The number of alkyl halides is 4. The Bertz CT molecular complexity index is 467. The molecule has 0 unspecified atom stereocenters. The van der Waals surface area contributed by atoms with Gasteiger partial charge in [-0.25, -0.2) is 0 Å². The maximum Gasteiger partial charge on any atom is 0.417 e. The van der Waals surface area contributed by atoms with Crippen molar-refractivity contribution in [2.24, 2.45) is 0 Å². The van der Waals surface area contributed by atoms with Crippen molar-refractivity contribution in [2.45, 2.75) is 6.18 Å². The largest absolute Gasteiger partial charge is 0.417 e. The summed E-state index contributed by atoms with van der Waals surface area (Å²) in [5.74, 6) is 4.52. The Balaban J connectivity index is 3.23. The van der Waals surface area contributed by atoms with Crippen LogP contribution in [0.2, 0.25) is 0 Å². The van der Waals surface area contributed by atoms with Crippen LogP contribution >= 0.6 is 11.6 Å². The summed E-state index contributed by atoms with van der Waals surface area (Å²) >= 11 is 5.23. The van der Waals surface area contributed by atoms with Crippen LogP contribution < -0.4 is 5.56 Å². The SMILES string of the molecule is O=c1[nH]cc(C(F)(F)F)cc1C#CCCl. The smallest absolute Gasteiger partial charge is 0.327 e. The molecule has 0 fully saturated rings. The van der Waals surface area contributed by atoms with Gasteiger partial charge in [0.25, 0.3) is 5.56 Å². The van der Waals surface area contributed by atoms with E-state index < -0.39 is 17.3 Å². The highest BCUT2D eigenvalue weighted by molar-refractivity contribution is 6.19. The predicted octanol–water partition coefficient (Wildman–Crippen LogP) is 1.98. The third-order valence-electron chi connectivity index (χ3n) is 1.52. The molecular formula is C9H5ClF3NO. The Hall–Kier alpha value is -1.41. The highest BCUT2D eigenvalue weighted by atomic mass is 35.5. The van der Waals surface area contributed by atoms with Crippen LogP contribution in [0.1, 0.15) is 11.1 Å². The zero-order valence-electron chi connectivity index (χ0n) is 7.28. The molecule has 0 radical (unpaired) electrons. The number of hydrogen-bond acceptors (Lipinski definition) is 1. The molecule has 1 aromatic rings. The van der Waals surface area contributed by atoms with Gasteiger partial charge in [0.1, 0.15) is 0 Å². The number of halogens is 4. The van der Waals surface area contributed by atoms with Crippen molar-refractivity contribution in [3.05, 3.63) is 33.7 Å². The summed E-state index contributed by atoms with van der Waals surface area (Å²) in [5, 5.41) is 0. The second kappa shape index (κ2) is 4.41. The topological polar surface area (TPSA) is 32.9 Å². The summed E-state index contributed by atoms with van der Waals surface area (Å²) in [6.45, 7) is 0. The predicted molar refractivity (Wildman–Crippen MR) is 49.7 cm³/mol. The van der Waals surface area contributed by atoms with E-state index in [1.807, 2.05) is 4.98 Å². The fourth-order valence-corrected chi connectivity index (χ4v) is 0.936. The Morgan fingerprint density at radius 1 is 1.47 bits per heavy atom. The first kappa shape index (κ1) is 11.7. The van der Waals surface area contributed by atoms with Gasteiger partial charge < -0.3 is 4.98 Å². The van der Waals surface area contributed by atoms with Gasteiger partial charge in [0.05, 0.1) is 17.0 Å². The number of pyridine rings is 1. The van der Waals surface area contributed by atoms with E-state index in [-0.39, 0.29) is 11.4 Å². The van der Waals surface area contributed by atoms with Crippen molar-refractivity contribution in [3.63, 3.8) is 0 Å². The molecule has 0 amide bonds. The summed E-state index contributed by atoms with van der Waals surface area (Å²) in [6.07, 6.45) is -3.89. The number of hydrogen-bond donors (Lipinski definition) is 1. The quantitative estimate of drug-likeness (QED) is 0.541. The first-order valence-corrected chi connectivity index (χ1v) is 4.33. The maximum atomic E-state index is 12.2. The lowest BCUT2D eigenvalue weighted by atomic mass is 10.2. The molecule has 15 heavy (non-hydrogen) atoms. The second-order valence-corrected chi connectivity index (χ2v) is 2.83. The van der Waals surface area contributed by atoms with Crippen LogP contribution in [0.4, 0.5) is 13.2 Å². The van der Waals surface area contributed by atoms with Crippen LogP contribution in [0.3, 0.4) is 0 Å². The van der Waals surface area contributed by atoms with Gasteiger partial charge >= 0.3 is 6.18 Å². The first-order valence-electron chi connectivity index (χ1n) is 3.80. The molecular weight excluding hydrogens is 231 g/mol. The van der Waals surface area contributed by atoms with Crippen molar-refractivity contribution in [1.29, 1.82) is 0 Å². The van der Waals surface area contributed by atoms with Crippen LogP contribution in [0, 0.1) is 11.8 Å². The monoisotopic (exact) mass is 235 g/mol. The number of H-pyrrole nitrogens is 1. The fraction of sp³-hybridized carbons (Fsp3) is 0.222. The summed E-state index contributed by atoms with van der Waals surface area (Å²) in [5.41, 5.74) is -1.85. The highest BCUT2D eigenvalue weighted by Gasteiger charge is 2.31. The number of nitrogens with one attached hydrogen (secondary N) is 1. The van der Waals surface area contributed by atoms with E-state index in [0.717, 1.165) is 0 Å². The lowest BCUT2D eigenvalue weighted by Gasteiger charge is -2.05. The van der Waals surface area contributed by atoms with Crippen molar-refractivity contribution >= 4 is 11.6 Å². The first-order chi connectivity index (χ1) is 6.95. The van der Waals surface area contributed by atoms with E-state index in [0.29, 0.717) is 12.3 Å². The van der Waals surface area contributed by atoms with Gasteiger partial charge in [0.2, 0.25) is 0 Å². The summed E-state index contributed by atoms with van der Waals surface area (Å²) in [6, 6.07) is 0.693. The van der Waals surface area contributed by atoms with E-state index in [1.165, 1.54) is 0 Å². The number of aromatic nitrogens is 1. The Labute approximate surface area is 88.1 Å². The molecule has 0 saturated carbocycles. The molecule has 1 aromatic heterocycles. The molecule has 1 rings (SSSR count). The molecule has 0 atom stereocenters. The Morgan fingerprint density at radius 3 is 2.67 bits per heavy atom. The zero-order valence-corrected chi connectivity index (χ0v) is 8.04. The van der Waals surface area contributed by atoms with Crippen molar-refractivity contribution < 1.29 is 13.2 Å². The van der Waals surface area contributed by atoms with Gasteiger partial charge in [-0.3, -0.25) is 4.79 Å². The summed E-state index contributed by atoms with van der Waals surface area (Å²) in [4.78, 5) is 13.0. The van der Waals surface area contributed by atoms with Crippen molar-refractivity contribution in [1.82, 2.24) is 4.98 Å². The fourth-order valence-electron chi connectivity index (χ4n) is 0.869. The van der Waals surface area contributed by atoms with Crippen LogP contribution in [0.5, 0.6) is 0 Å². The Kier molecular flexibility index (Phi) is 3.43. The third kappa shape index (κ3) is 3.03. The molecule has 0 aliphatic heterocycles. The van der Waals surface area contributed by atoms with E-state index in [4.69, 9.17) is 11.6 Å². The van der Waals surface area contributed by atoms with E-state index in [2.05, 4.69) is 11.8 Å². The van der Waals surface area contributed by atoms with Crippen LogP contribution in [-0.4, -0.2) is 10.9 Å². The normalized spacial score (nSPS) is 10.7. The minimum atomic E-state index is -4.50. The van der Waals surface area contributed by atoms with E-state index in [9.17, 15) is 18.0 Å². The summed E-state index contributed by atoms with van der Waals surface area (Å²) in [7, 11) is 0. The molecule has 0 saturated heterocycles. The third-order valence-corrected chi connectivity index (χ3v) is 1.65. The van der Waals surface area contributed by atoms with Gasteiger partial charge in [-0.2, -0.15) is 13.2 Å². The minimum Gasteiger partial charge on any atom is -0.327 e. The highest BCUT2D eigenvalue weighted by Crippen LogP contribution is 2.28. The average molecular weight is 236 g/mol. The molecule has 80 valence electrons. The van der Waals surface area contributed by atoms with Gasteiger partial charge in [0.15, 0.2) is 0 Å². The molecule has 0 aliphatic carbocycles. The molecule has 0 bridgehead atoms. The van der Waals surface area contributed by atoms with Gasteiger partial charge in [-0.05, 0) is 6.07 Å². The van der Waals surface area contributed by atoms with Crippen LogP contribution in [-0.2, 0) is 6.18 Å². The standard InChI is InChI=1S/C9H5ClF3NO/c10-3-1-2-6-4-7(9(11,12)13)5-14-8(6)15/h4-5H,3H2,(H,14,15). The molecule has 0 spiro atoms. The van der Waals surface area contributed by atoms with Crippen molar-refractivity contribution in [2.75, 3.05) is 5.88 Å². The molecule has 0 aliphatic rings. The average Bonchev–Trinajstić information content (AvgIpc) is 2.15. The van der Waals surface area contributed by atoms with Crippen molar-refractivity contribution in [3.8, 4) is 11.8 Å². The maximum absolute atomic E-state index is 12.2. The molecule has 1 heterocycles. The van der Waals surface area contributed by atoms with Crippen LogP contribution in [0.15, 0.2) is 17.1 Å². The lowest BCUT2D eigenvalue weighted by Crippen LogP contribution is -2.14. The molecule has 1 N–H and O–H groups in total. The Morgan fingerprint density at radius 2 is 2.13 bits per heavy atom. The molecule has 2 nitrogen and oxygen atoms in total. The van der Waals surface area contributed by atoms with Gasteiger partial charge in [0, 0.05) is 6.20 Å². The van der Waals surface area contributed by atoms with E-state index >= 15 is 0 Å². The number of rotatable bonds is 0. The zero-order chi connectivity index (χ0) is 11.5. The number of aromatic amines is 1. The van der Waals surface area contributed by atoms with Crippen LogP contribution in [0.25, 0.3) is 0 Å². The second-order valence-electron chi connectivity index (χ2n) is 2.56. The van der Waals surface area contributed by atoms with Gasteiger partial charge in [-0.15, -0.1) is 11.6 Å². The molecule has 6 heteroatoms.